The van der Waals surface area contributed by atoms with Crippen molar-refractivity contribution in [1.82, 2.24) is 15.1 Å². The van der Waals surface area contributed by atoms with Gasteiger partial charge in [-0.25, -0.2) is 8.78 Å². The molecule has 1 aromatic heterocycles. The predicted octanol–water partition coefficient (Wildman–Crippen LogP) is 3.60. The molecule has 1 amide bonds. The fourth-order valence-electron chi connectivity index (χ4n) is 3.38. The maximum Gasteiger partial charge on any atom is 0.259 e. The number of aromatic nitrogens is 2. The van der Waals surface area contributed by atoms with Crippen molar-refractivity contribution >= 4 is 5.91 Å². The van der Waals surface area contributed by atoms with Crippen LogP contribution in [-0.4, -0.2) is 34.1 Å². The first-order valence-corrected chi connectivity index (χ1v) is 8.50. The molecule has 2 aromatic carbocycles. The average molecular weight is 353 g/mol. The summed E-state index contributed by atoms with van der Waals surface area (Å²) < 4.78 is 27.9. The Morgan fingerprint density at radius 1 is 0.962 bits per heavy atom. The van der Waals surface area contributed by atoms with Gasteiger partial charge in [0, 0.05) is 36.3 Å². The van der Waals surface area contributed by atoms with Crippen LogP contribution in [0.25, 0.3) is 11.3 Å². The summed E-state index contributed by atoms with van der Waals surface area (Å²) in [6.07, 6.45) is 1.15. The normalized spacial score (nSPS) is 14.0. The van der Waals surface area contributed by atoms with Crippen molar-refractivity contribution < 1.29 is 13.6 Å². The molecule has 0 unspecified atom stereocenters. The molecule has 4 nitrogen and oxygen atoms in total. The highest BCUT2D eigenvalue weighted by atomic mass is 19.1. The monoisotopic (exact) mass is 353 g/mol. The summed E-state index contributed by atoms with van der Waals surface area (Å²) in [5, 5.41) is 7.47. The van der Waals surface area contributed by atoms with Crippen LogP contribution < -0.4 is 0 Å². The van der Waals surface area contributed by atoms with Crippen LogP contribution >= 0.6 is 0 Å². The number of amides is 1. The van der Waals surface area contributed by atoms with Gasteiger partial charge in [0.15, 0.2) is 0 Å². The lowest BCUT2D eigenvalue weighted by Gasteiger charge is -2.21. The van der Waals surface area contributed by atoms with Crippen LogP contribution in [0, 0.1) is 11.6 Å². The second-order valence-corrected chi connectivity index (χ2v) is 6.28. The number of aromatic amines is 1. The van der Waals surface area contributed by atoms with Gasteiger partial charge in [-0.2, -0.15) is 5.10 Å². The standard InChI is InChI=1S/C20H17F2N3O/c21-15-7-4-8-16(22)18(15)20(26)25-11-9-14-17(10-12-25)23-24-19(14)13-5-2-1-3-6-13/h1-8H,9-12H2,(H,23,24). The van der Waals surface area contributed by atoms with E-state index < -0.39 is 23.1 Å². The first-order chi connectivity index (χ1) is 12.6. The Bertz CT molecular complexity index is 933. The van der Waals surface area contributed by atoms with Gasteiger partial charge in [0.2, 0.25) is 0 Å². The van der Waals surface area contributed by atoms with E-state index >= 15 is 0 Å². The SMILES string of the molecule is O=C(c1c(F)cccc1F)N1CCc2[nH]nc(-c3ccccc3)c2CC1. The van der Waals surface area contributed by atoms with Crippen molar-refractivity contribution in [2.45, 2.75) is 12.8 Å². The maximum atomic E-state index is 13.9. The molecule has 0 saturated carbocycles. The minimum atomic E-state index is -0.829. The van der Waals surface area contributed by atoms with E-state index in [1.54, 1.807) is 0 Å². The van der Waals surface area contributed by atoms with Crippen LogP contribution in [0.2, 0.25) is 0 Å². The lowest BCUT2D eigenvalue weighted by molar-refractivity contribution is 0.0753. The number of carbonyl (C=O) groups excluding carboxylic acids is 1. The zero-order valence-electron chi connectivity index (χ0n) is 14.0. The van der Waals surface area contributed by atoms with Gasteiger partial charge in [0.05, 0.1) is 5.69 Å². The molecule has 4 rings (SSSR count). The lowest BCUT2D eigenvalue weighted by atomic mass is 10.0. The van der Waals surface area contributed by atoms with Crippen LogP contribution in [0.15, 0.2) is 48.5 Å². The molecule has 3 aromatic rings. The van der Waals surface area contributed by atoms with Gasteiger partial charge in [0.1, 0.15) is 17.2 Å². The highest BCUT2D eigenvalue weighted by Gasteiger charge is 2.26. The summed E-state index contributed by atoms with van der Waals surface area (Å²) in [7, 11) is 0. The van der Waals surface area contributed by atoms with E-state index in [4.69, 9.17) is 0 Å². The number of hydrogen-bond acceptors (Lipinski definition) is 2. The van der Waals surface area contributed by atoms with Crippen molar-refractivity contribution in [3.63, 3.8) is 0 Å². The van der Waals surface area contributed by atoms with Gasteiger partial charge >= 0.3 is 0 Å². The Morgan fingerprint density at radius 3 is 2.38 bits per heavy atom. The fraction of sp³-hybridized carbons (Fsp3) is 0.200. The Morgan fingerprint density at radius 2 is 1.65 bits per heavy atom. The van der Waals surface area contributed by atoms with Gasteiger partial charge in [0.25, 0.3) is 5.91 Å². The molecule has 1 aliphatic heterocycles. The van der Waals surface area contributed by atoms with Gasteiger partial charge in [-0.15, -0.1) is 0 Å². The molecule has 1 aliphatic rings. The average Bonchev–Trinajstić information content (AvgIpc) is 2.93. The summed E-state index contributed by atoms with van der Waals surface area (Å²) in [6.45, 7) is 0.773. The van der Waals surface area contributed by atoms with Crippen molar-refractivity contribution in [3.8, 4) is 11.3 Å². The van der Waals surface area contributed by atoms with E-state index in [0.29, 0.717) is 25.9 Å². The van der Waals surface area contributed by atoms with E-state index in [1.807, 2.05) is 30.3 Å². The Hall–Kier alpha value is -3.02. The predicted molar refractivity (Wildman–Crippen MR) is 93.7 cm³/mol. The third kappa shape index (κ3) is 2.87. The molecule has 0 saturated heterocycles. The van der Waals surface area contributed by atoms with Gasteiger partial charge < -0.3 is 4.90 Å². The van der Waals surface area contributed by atoms with Crippen molar-refractivity contribution in [1.29, 1.82) is 0 Å². The van der Waals surface area contributed by atoms with E-state index in [9.17, 15) is 13.6 Å². The largest absolute Gasteiger partial charge is 0.338 e. The number of hydrogen-bond donors (Lipinski definition) is 1. The summed E-state index contributed by atoms with van der Waals surface area (Å²) in [4.78, 5) is 14.1. The number of fused-ring (bicyclic) bond motifs is 1. The number of benzene rings is 2. The Balaban J connectivity index is 1.60. The quantitative estimate of drug-likeness (QED) is 0.765. The van der Waals surface area contributed by atoms with Gasteiger partial charge in [-0.1, -0.05) is 36.4 Å². The molecule has 0 atom stereocenters. The first kappa shape index (κ1) is 16.4. The number of rotatable bonds is 2. The zero-order valence-corrected chi connectivity index (χ0v) is 14.0. The van der Waals surface area contributed by atoms with Crippen molar-refractivity contribution in [2.24, 2.45) is 0 Å². The van der Waals surface area contributed by atoms with Crippen LogP contribution in [-0.2, 0) is 12.8 Å². The smallest absolute Gasteiger partial charge is 0.259 e. The number of nitrogens with one attached hydrogen (secondary N) is 1. The van der Waals surface area contributed by atoms with Crippen LogP contribution in [0.4, 0.5) is 8.78 Å². The highest BCUT2D eigenvalue weighted by molar-refractivity contribution is 5.94. The molecular weight excluding hydrogens is 336 g/mol. The molecule has 0 radical (unpaired) electrons. The van der Waals surface area contributed by atoms with Crippen LogP contribution in [0.1, 0.15) is 21.6 Å². The molecule has 132 valence electrons. The lowest BCUT2D eigenvalue weighted by Crippen LogP contribution is -2.34. The number of carbonyl (C=O) groups is 1. The third-order valence-electron chi connectivity index (χ3n) is 4.73. The maximum absolute atomic E-state index is 13.9. The number of halogens is 2. The Kier molecular flexibility index (Phi) is 4.24. The highest BCUT2D eigenvalue weighted by Crippen LogP contribution is 2.27. The molecule has 0 bridgehead atoms. The second kappa shape index (κ2) is 6.71. The van der Waals surface area contributed by atoms with E-state index in [2.05, 4.69) is 10.2 Å². The van der Waals surface area contributed by atoms with Crippen LogP contribution in [0.3, 0.4) is 0 Å². The zero-order chi connectivity index (χ0) is 18.1. The molecule has 2 heterocycles. The minimum Gasteiger partial charge on any atom is -0.338 e. The summed E-state index contributed by atoms with van der Waals surface area (Å²) in [6, 6.07) is 13.3. The number of H-pyrrole nitrogens is 1. The molecule has 6 heteroatoms. The topological polar surface area (TPSA) is 49.0 Å². The second-order valence-electron chi connectivity index (χ2n) is 6.28. The third-order valence-corrected chi connectivity index (χ3v) is 4.73. The first-order valence-electron chi connectivity index (χ1n) is 8.50. The van der Waals surface area contributed by atoms with E-state index in [0.717, 1.165) is 34.6 Å². The molecule has 26 heavy (non-hydrogen) atoms. The van der Waals surface area contributed by atoms with E-state index in [1.165, 1.54) is 11.0 Å². The summed E-state index contributed by atoms with van der Waals surface area (Å²) in [5.74, 6) is -2.27. The van der Waals surface area contributed by atoms with Gasteiger partial charge in [-0.3, -0.25) is 9.89 Å². The van der Waals surface area contributed by atoms with Crippen molar-refractivity contribution in [2.75, 3.05) is 13.1 Å². The van der Waals surface area contributed by atoms with E-state index in [-0.39, 0.29) is 0 Å². The number of nitrogens with zero attached hydrogens (tertiary/aromatic N) is 2. The molecule has 1 N–H and O–H groups in total. The Labute approximate surface area is 149 Å². The van der Waals surface area contributed by atoms with Crippen LogP contribution in [0.5, 0.6) is 0 Å². The summed E-state index contributed by atoms with van der Waals surface area (Å²) >= 11 is 0. The molecule has 0 aliphatic carbocycles. The van der Waals surface area contributed by atoms with Gasteiger partial charge in [-0.05, 0) is 18.6 Å². The molecule has 0 spiro atoms. The molecule has 0 fully saturated rings. The fourth-order valence-corrected chi connectivity index (χ4v) is 3.38. The summed E-state index contributed by atoms with van der Waals surface area (Å²) in [5.41, 5.74) is 3.41. The minimum absolute atomic E-state index is 0.385. The molecular formula is C20H17F2N3O. The van der Waals surface area contributed by atoms with Crippen molar-refractivity contribution in [3.05, 3.63) is 77.0 Å².